The minimum absolute atomic E-state index is 0.0599. The molecule has 0 bridgehead atoms. The lowest BCUT2D eigenvalue weighted by Crippen LogP contribution is -2.03. The first-order chi connectivity index (χ1) is 10.6. The highest BCUT2D eigenvalue weighted by Gasteiger charge is 2.06. The first-order valence-electron chi connectivity index (χ1n) is 6.52. The second-order valence-corrected chi connectivity index (χ2v) is 4.45. The Bertz CT molecular complexity index is 691. The van der Waals surface area contributed by atoms with Crippen LogP contribution in [0.25, 0.3) is 6.08 Å². The molecule has 2 aromatic carbocycles. The molecule has 0 radical (unpaired) electrons. The summed E-state index contributed by atoms with van der Waals surface area (Å²) in [5.41, 5.74) is 7.29. The lowest BCUT2D eigenvalue weighted by molar-refractivity contribution is -0.384. The van der Waals surface area contributed by atoms with Crippen LogP contribution in [-0.4, -0.2) is 10.9 Å². The van der Waals surface area contributed by atoms with E-state index in [2.05, 4.69) is 0 Å². The highest BCUT2D eigenvalue weighted by atomic mass is 16.6. The van der Waals surface area contributed by atoms with Crippen molar-refractivity contribution in [3.05, 3.63) is 75.8 Å². The van der Waals surface area contributed by atoms with E-state index >= 15 is 0 Å². The van der Waals surface area contributed by atoms with Gasteiger partial charge in [0.25, 0.3) is 5.69 Å². The molecule has 0 aliphatic heterocycles. The molecule has 0 unspecified atom stereocenters. The van der Waals surface area contributed by atoms with Crippen molar-refractivity contribution < 1.29 is 14.5 Å². The van der Waals surface area contributed by atoms with Crippen molar-refractivity contribution in [3.63, 3.8) is 0 Å². The number of nitrogens with two attached hydrogens (primary N) is 1. The second kappa shape index (κ2) is 7.14. The molecule has 2 N–H and O–H groups in total. The van der Waals surface area contributed by atoms with Crippen LogP contribution in [0.15, 0.2) is 54.6 Å². The average molecular weight is 298 g/mol. The molecule has 2 aromatic rings. The largest absolute Gasteiger partial charge is 0.423 e. The van der Waals surface area contributed by atoms with Crippen molar-refractivity contribution in [3.8, 4) is 5.75 Å². The molecule has 0 aliphatic rings. The van der Waals surface area contributed by atoms with Gasteiger partial charge in [0.2, 0.25) is 0 Å². The van der Waals surface area contributed by atoms with Crippen molar-refractivity contribution in [1.82, 2.24) is 0 Å². The average Bonchev–Trinajstić information content (AvgIpc) is 2.54. The third kappa shape index (κ3) is 4.26. The van der Waals surface area contributed by atoms with Gasteiger partial charge in [-0.3, -0.25) is 10.1 Å². The molecule has 6 heteroatoms. The van der Waals surface area contributed by atoms with Gasteiger partial charge in [0.15, 0.2) is 0 Å². The summed E-state index contributed by atoms with van der Waals surface area (Å²) >= 11 is 0. The van der Waals surface area contributed by atoms with Crippen LogP contribution in [0.5, 0.6) is 5.75 Å². The molecule has 112 valence electrons. The van der Waals surface area contributed by atoms with Gasteiger partial charge in [-0.15, -0.1) is 0 Å². The molecule has 0 amide bonds. The number of non-ortho nitro benzene ring substituents is 1. The molecule has 0 spiro atoms. The van der Waals surface area contributed by atoms with Crippen molar-refractivity contribution >= 4 is 17.7 Å². The van der Waals surface area contributed by atoms with Crippen LogP contribution in [0.1, 0.15) is 11.1 Å². The quantitative estimate of drug-likeness (QED) is 0.301. The van der Waals surface area contributed by atoms with Crippen molar-refractivity contribution in [1.29, 1.82) is 0 Å². The normalized spacial score (nSPS) is 10.6. The minimum atomic E-state index is -0.559. The Morgan fingerprint density at radius 1 is 1.14 bits per heavy atom. The van der Waals surface area contributed by atoms with E-state index in [1.807, 2.05) is 24.3 Å². The van der Waals surface area contributed by atoms with E-state index in [0.29, 0.717) is 6.54 Å². The van der Waals surface area contributed by atoms with Crippen molar-refractivity contribution in [2.45, 2.75) is 6.54 Å². The maximum Gasteiger partial charge on any atom is 0.336 e. The number of benzene rings is 2. The molecule has 0 aliphatic carbocycles. The van der Waals surface area contributed by atoms with Gasteiger partial charge in [-0.25, -0.2) is 4.79 Å². The van der Waals surface area contributed by atoms with E-state index < -0.39 is 10.9 Å². The number of rotatable bonds is 5. The highest BCUT2D eigenvalue weighted by molar-refractivity contribution is 5.88. The Hall–Kier alpha value is -2.99. The SMILES string of the molecule is NCc1ccc(/C=C/C(=O)Oc2ccc([N+](=O)[O-])cc2)cc1. The van der Waals surface area contributed by atoms with Crippen LogP contribution in [0.2, 0.25) is 0 Å². The zero-order valence-electron chi connectivity index (χ0n) is 11.6. The van der Waals surface area contributed by atoms with Crippen LogP contribution in [-0.2, 0) is 11.3 Å². The van der Waals surface area contributed by atoms with Gasteiger partial charge < -0.3 is 10.5 Å². The molecule has 0 saturated heterocycles. The van der Waals surface area contributed by atoms with Crippen LogP contribution in [0, 0.1) is 10.1 Å². The lowest BCUT2D eigenvalue weighted by Gasteiger charge is -2.01. The van der Waals surface area contributed by atoms with Gasteiger partial charge in [0.1, 0.15) is 5.75 Å². The van der Waals surface area contributed by atoms with Crippen LogP contribution in [0.3, 0.4) is 0 Å². The first-order valence-corrected chi connectivity index (χ1v) is 6.52. The maximum atomic E-state index is 11.7. The third-order valence-corrected chi connectivity index (χ3v) is 2.89. The second-order valence-electron chi connectivity index (χ2n) is 4.45. The fraction of sp³-hybridized carbons (Fsp3) is 0.0625. The number of esters is 1. The van der Waals surface area contributed by atoms with E-state index in [1.54, 1.807) is 6.08 Å². The monoisotopic (exact) mass is 298 g/mol. The van der Waals surface area contributed by atoms with Gasteiger partial charge in [0.05, 0.1) is 4.92 Å². The molecule has 0 saturated carbocycles. The molecule has 0 heterocycles. The minimum Gasteiger partial charge on any atom is -0.423 e. The van der Waals surface area contributed by atoms with Crippen LogP contribution >= 0.6 is 0 Å². The van der Waals surface area contributed by atoms with E-state index in [4.69, 9.17) is 10.5 Å². The molecule has 0 fully saturated rings. The number of hydrogen-bond acceptors (Lipinski definition) is 5. The van der Waals surface area contributed by atoms with Crippen LogP contribution < -0.4 is 10.5 Å². The summed E-state index contributed by atoms with van der Waals surface area (Å²) in [4.78, 5) is 21.7. The van der Waals surface area contributed by atoms with Crippen LogP contribution in [0.4, 0.5) is 5.69 Å². The maximum absolute atomic E-state index is 11.7. The zero-order chi connectivity index (χ0) is 15.9. The molecule has 2 rings (SSSR count). The van der Waals surface area contributed by atoms with Gasteiger partial charge in [-0.1, -0.05) is 24.3 Å². The number of hydrogen-bond donors (Lipinski definition) is 1. The summed E-state index contributed by atoms with van der Waals surface area (Å²) in [6, 6.07) is 12.7. The summed E-state index contributed by atoms with van der Waals surface area (Å²) in [6.07, 6.45) is 2.91. The number of nitro groups is 1. The van der Waals surface area contributed by atoms with E-state index in [1.165, 1.54) is 30.3 Å². The fourth-order valence-electron chi connectivity index (χ4n) is 1.72. The zero-order valence-corrected chi connectivity index (χ0v) is 11.6. The van der Waals surface area contributed by atoms with E-state index in [0.717, 1.165) is 11.1 Å². The Balaban J connectivity index is 1.96. The summed E-state index contributed by atoms with van der Waals surface area (Å²) in [6.45, 7) is 0.464. The molecule has 0 atom stereocenters. The summed E-state index contributed by atoms with van der Waals surface area (Å²) in [5.74, 6) is -0.310. The molecular formula is C16H14N2O4. The number of nitro benzene ring substituents is 1. The summed E-state index contributed by atoms with van der Waals surface area (Å²) in [7, 11) is 0. The molecule has 22 heavy (non-hydrogen) atoms. The summed E-state index contributed by atoms with van der Waals surface area (Å²) < 4.78 is 5.05. The Morgan fingerprint density at radius 2 is 1.77 bits per heavy atom. The molecule has 6 nitrogen and oxygen atoms in total. The van der Waals surface area contributed by atoms with E-state index in [-0.39, 0.29) is 11.4 Å². The Kier molecular flexibility index (Phi) is 5.00. The van der Waals surface area contributed by atoms with Gasteiger partial charge in [-0.05, 0) is 29.3 Å². The van der Waals surface area contributed by atoms with Gasteiger partial charge in [-0.2, -0.15) is 0 Å². The predicted octanol–water partition coefficient (Wildman–Crippen LogP) is 2.67. The third-order valence-electron chi connectivity index (χ3n) is 2.89. The van der Waals surface area contributed by atoms with Crippen molar-refractivity contribution in [2.24, 2.45) is 5.73 Å². The number of ether oxygens (including phenoxy) is 1. The van der Waals surface area contributed by atoms with Gasteiger partial charge in [0, 0.05) is 24.8 Å². The molecule has 0 aromatic heterocycles. The molecular weight excluding hydrogens is 284 g/mol. The van der Waals surface area contributed by atoms with E-state index in [9.17, 15) is 14.9 Å². The summed E-state index contributed by atoms with van der Waals surface area (Å²) in [5, 5.41) is 10.5. The van der Waals surface area contributed by atoms with Crippen molar-refractivity contribution in [2.75, 3.05) is 0 Å². The lowest BCUT2D eigenvalue weighted by atomic mass is 10.1. The topological polar surface area (TPSA) is 95.5 Å². The number of nitrogens with zero attached hydrogens (tertiary/aromatic N) is 1. The Labute approximate surface area is 127 Å². The Morgan fingerprint density at radius 3 is 2.32 bits per heavy atom. The first kappa shape index (κ1) is 15.4. The fourth-order valence-corrected chi connectivity index (χ4v) is 1.72. The highest BCUT2D eigenvalue weighted by Crippen LogP contribution is 2.17. The predicted molar refractivity (Wildman–Crippen MR) is 82.1 cm³/mol. The van der Waals surface area contributed by atoms with Gasteiger partial charge >= 0.3 is 5.97 Å². The smallest absolute Gasteiger partial charge is 0.336 e. The number of carbonyl (C=O) groups is 1. The number of carbonyl (C=O) groups excluding carboxylic acids is 1. The standard InChI is InChI=1S/C16H14N2O4/c17-11-13-3-1-12(2-4-13)5-10-16(19)22-15-8-6-14(7-9-15)18(20)21/h1-10H,11,17H2/b10-5+.